The Balaban J connectivity index is 3.12. The number of benzene rings is 1. The molecule has 0 saturated carbocycles. The predicted octanol–water partition coefficient (Wildman–Crippen LogP) is 2.98. The topological polar surface area (TPSA) is 17.1 Å². The third-order valence-electron chi connectivity index (χ3n) is 1.33. The Labute approximate surface area is 78.3 Å². The largest absolute Gasteiger partial charge is 0.298 e. The van der Waals surface area contributed by atoms with Crippen molar-refractivity contribution in [3.05, 3.63) is 28.2 Å². The molecule has 1 aromatic carbocycles. The zero-order valence-electron chi connectivity index (χ0n) is 6.00. The van der Waals surface area contributed by atoms with Gasteiger partial charge in [-0.25, -0.2) is 0 Å². The number of carbonyl (C=O) groups is 1. The van der Waals surface area contributed by atoms with E-state index in [0.29, 0.717) is 5.56 Å². The summed E-state index contributed by atoms with van der Waals surface area (Å²) in [6, 6.07) is 5.72. The van der Waals surface area contributed by atoms with Gasteiger partial charge in [-0.2, -0.15) is 0 Å². The zero-order valence-corrected chi connectivity index (χ0v) is 8.41. The highest BCUT2D eigenvalue weighted by Crippen LogP contribution is 2.21. The number of thioether (sulfide) groups is 1. The van der Waals surface area contributed by atoms with Crippen LogP contribution in [0.5, 0.6) is 0 Å². The van der Waals surface area contributed by atoms with Gasteiger partial charge in [0.25, 0.3) is 0 Å². The van der Waals surface area contributed by atoms with Gasteiger partial charge in [-0.1, -0.05) is 15.9 Å². The van der Waals surface area contributed by atoms with Crippen molar-refractivity contribution in [2.75, 3.05) is 6.26 Å². The van der Waals surface area contributed by atoms with E-state index in [9.17, 15) is 4.79 Å². The summed E-state index contributed by atoms with van der Waals surface area (Å²) in [7, 11) is 0. The first-order valence-corrected chi connectivity index (χ1v) is 5.08. The standard InChI is InChI=1S/C8H7BrOS/c1-11-7-2-3-8(9)6(4-7)5-10/h2-5H,1H3. The summed E-state index contributed by atoms with van der Waals surface area (Å²) in [5, 5.41) is 0. The van der Waals surface area contributed by atoms with E-state index < -0.39 is 0 Å². The minimum atomic E-state index is 0.705. The first kappa shape index (κ1) is 8.81. The molecular weight excluding hydrogens is 224 g/mol. The SMILES string of the molecule is CSc1ccc(Br)c(C=O)c1. The fourth-order valence-electron chi connectivity index (χ4n) is 0.739. The smallest absolute Gasteiger partial charge is 0.151 e. The van der Waals surface area contributed by atoms with Crippen LogP contribution < -0.4 is 0 Å². The molecule has 11 heavy (non-hydrogen) atoms. The third kappa shape index (κ3) is 2.07. The Morgan fingerprint density at radius 3 is 2.82 bits per heavy atom. The van der Waals surface area contributed by atoms with E-state index in [1.54, 1.807) is 11.8 Å². The van der Waals surface area contributed by atoms with Gasteiger partial charge >= 0.3 is 0 Å². The van der Waals surface area contributed by atoms with E-state index in [1.807, 2.05) is 24.5 Å². The number of rotatable bonds is 2. The van der Waals surface area contributed by atoms with Crippen LogP contribution in [0.3, 0.4) is 0 Å². The summed E-state index contributed by atoms with van der Waals surface area (Å²) in [6.07, 6.45) is 2.83. The van der Waals surface area contributed by atoms with Crippen LogP contribution in [0, 0.1) is 0 Å². The van der Waals surface area contributed by atoms with E-state index in [-0.39, 0.29) is 0 Å². The lowest BCUT2D eigenvalue weighted by Gasteiger charge is -1.98. The molecule has 0 amide bonds. The third-order valence-corrected chi connectivity index (χ3v) is 2.78. The maximum Gasteiger partial charge on any atom is 0.151 e. The molecule has 0 spiro atoms. The first-order valence-electron chi connectivity index (χ1n) is 3.06. The van der Waals surface area contributed by atoms with Crippen LogP contribution in [-0.2, 0) is 0 Å². The Morgan fingerprint density at radius 2 is 2.27 bits per heavy atom. The molecule has 0 bridgehead atoms. The van der Waals surface area contributed by atoms with Crippen molar-refractivity contribution in [2.45, 2.75) is 4.90 Å². The second-order valence-corrected chi connectivity index (χ2v) is 3.74. The molecule has 0 atom stereocenters. The molecule has 58 valence electrons. The van der Waals surface area contributed by atoms with Crippen molar-refractivity contribution >= 4 is 34.0 Å². The molecule has 1 aromatic rings. The van der Waals surface area contributed by atoms with Crippen molar-refractivity contribution in [3.8, 4) is 0 Å². The van der Waals surface area contributed by atoms with Crippen molar-refractivity contribution in [2.24, 2.45) is 0 Å². The highest BCUT2D eigenvalue weighted by molar-refractivity contribution is 9.10. The van der Waals surface area contributed by atoms with E-state index in [0.717, 1.165) is 15.7 Å². The molecule has 0 unspecified atom stereocenters. The fraction of sp³-hybridized carbons (Fsp3) is 0.125. The molecule has 0 fully saturated rings. The molecule has 0 aliphatic carbocycles. The quantitative estimate of drug-likeness (QED) is 0.574. The summed E-state index contributed by atoms with van der Waals surface area (Å²) in [5.74, 6) is 0. The lowest BCUT2D eigenvalue weighted by molar-refractivity contribution is 0.112. The van der Waals surface area contributed by atoms with Gasteiger partial charge in [-0.3, -0.25) is 4.79 Å². The fourth-order valence-corrected chi connectivity index (χ4v) is 1.53. The van der Waals surface area contributed by atoms with Crippen molar-refractivity contribution in [1.82, 2.24) is 0 Å². The van der Waals surface area contributed by atoms with Gasteiger partial charge in [0, 0.05) is 14.9 Å². The normalized spacial score (nSPS) is 9.64. The Bertz CT molecular complexity index is 273. The van der Waals surface area contributed by atoms with Gasteiger partial charge in [0.05, 0.1) is 0 Å². The van der Waals surface area contributed by atoms with Gasteiger partial charge in [0.2, 0.25) is 0 Å². The minimum Gasteiger partial charge on any atom is -0.298 e. The van der Waals surface area contributed by atoms with E-state index >= 15 is 0 Å². The molecule has 0 saturated heterocycles. The lowest BCUT2D eigenvalue weighted by atomic mass is 10.2. The van der Waals surface area contributed by atoms with Gasteiger partial charge in [-0.05, 0) is 24.5 Å². The number of hydrogen-bond acceptors (Lipinski definition) is 2. The van der Waals surface area contributed by atoms with Crippen molar-refractivity contribution < 1.29 is 4.79 Å². The predicted molar refractivity (Wildman–Crippen MR) is 51.3 cm³/mol. The average molecular weight is 231 g/mol. The number of halogens is 1. The van der Waals surface area contributed by atoms with Crippen LogP contribution in [0.2, 0.25) is 0 Å². The number of carbonyl (C=O) groups excluding carboxylic acids is 1. The summed E-state index contributed by atoms with van der Waals surface area (Å²) in [5.41, 5.74) is 0.705. The molecule has 0 N–H and O–H groups in total. The number of aldehydes is 1. The van der Waals surface area contributed by atoms with Crippen LogP contribution in [0.15, 0.2) is 27.6 Å². The molecule has 3 heteroatoms. The van der Waals surface area contributed by atoms with E-state index in [1.165, 1.54) is 0 Å². The maximum atomic E-state index is 10.5. The Morgan fingerprint density at radius 1 is 1.55 bits per heavy atom. The maximum absolute atomic E-state index is 10.5. The Kier molecular flexibility index (Phi) is 3.15. The lowest BCUT2D eigenvalue weighted by Crippen LogP contribution is -1.81. The van der Waals surface area contributed by atoms with Gasteiger partial charge in [-0.15, -0.1) is 11.8 Å². The molecule has 0 aromatic heterocycles. The zero-order chi connectivity index (χ0) is 8.27. The molecule has 0 radical (unpaired) electrons. The molecule has 0 aliphatic heterocycles. The molecule has 1 nitrogen and oxygen atoms in total. The monoisotopic (exact) mass is 230 g/mol. The second-order valence-electron chi connectivity index (χ2n) is 2.01. The Hall–Kier alpha value is -0.280. The van der Waals surface area contributed by atoms with E-state index in [4.69, 9.17) is 0 Å². The summed E-state index contributed by atoms with van der Waals surface area (Å²) >= 11 is 4.91. The first-order chi connectivity index (χ1) is 5.27. The highest BCUT2D eigenvalue weighted by Gasteiger charge is 1.98. The van der Waals surface area contributed by atoms with Crippen LogP contribution in [0.1, 0.15) is 10.4 Å². The molecule has 1 rings (SSSR count). The van der Waals surface area contributed by atoms with Crippen LogP contribution in [0.4, 0.5) is 0 Å². The summed E-state index contributed by atoms with van der Waals surface area (Å²) in [6.45, 7) is 0. The summed E-state index contributed by atoms with van der Waals surface area (Å²) < 4.78 is 0.852. The highest BCUT2D eigenvalue weighted by atomic mass is 79.9. The van der Waals surface area contributed by atoms with Crippen LogP contribution in [0.25, 0.3) is 0 Å². The minimum absolute atomic E-state index is 0.705. The van der Waals surface area contributed by atoms with E-state index in [2.05, 4.69) is 15.9 Å². The van der Waals surface area contributed by atoms with Crippen LogP contribution in [-0.4, -0.2) is 12.5 Å². The van der Waals surface area contributed by atoms with Gasteiger partial charge in [0.15, 0.2) is 6.29 Å². The summed E-state index contributed by atoms with van der Waals surface area (Å²) in [4.78, 5) is 11.6. The van der Waals surface area contributed by atoms with Gasteiger partial charge in [0.1, 0.15) is 0 Å². The van der Waals surface area contributed by atoms with Gasteiger partial charge < -0.3 is 0 Å². The molecular formula is C8H7BrOS. The second kappa shape index (κ2) is 3.93. The molecule has 0 heterocycles. The number of hydrogen-bond donors (Lipinski definition) is 0. The van der Waals surface area contributed by atoms with Crippen molar-refractivity contribution in [3.63, 3.8) is 0 Å². The average Bonchev–Trinajstić information content (AvgIpc) is 2.05. The van der Waals surface area contributed by atoms with Crippen LogP contribution >= 0.6 is 27.7 Å². The van der Waals surface area contributed by atoms with Crippen molar-refractivity contribution in [1.29, 1.82) is 0 Å². The molecule has 0 aliphatic rings.